The molecule has 1 aromatic carbocycles. The van der Waals surface area contributed by atoms with Crippen molar-refractivity contribution in [3.63, 3.8) is 0 Å². The smallest absolute Gasteiger partial charge is 0.194 e. The zero-order chi connectivity index (χ0) is 18.2. The molecule has 1 saturated carbocycles. The van der Waals surface area contributed by atoms with Crippen molar-refractivity contribution in [2.24, 2.45) is 4.99 Å². The van der Waals surface area contributed by atoms with Gasteiger partial charge in [0.05, 0.1) is 12.1 Å². The third-order valence-corrected chi connectivity index (χ3v) is 5.43. The van der Waals surface area contributed by atoms with Crippen LogP contribution in [0.3, 0.4) is 0 Å². The first-order valence-electron chi connectivity index (χ1n) is 10.2. The molecule has 2 N–H and O–H groups in total. The highest BCUT2D eigenvalue weighted by atomic mass is 127. The maximum Gasteiger partial charge on any atom is 0.194 e. The Morgan fingerprint density at radius 2 is 1.85 bits per heavy atom. The number of halogens is 1. The van der Waals surface area contributed by atoms with Gasteiger partial charge in [-0.05, 0) is 31.9 Å². The highest BCUT2D eigenvalue weighted by molar-refractivity contribution is 14.0. The van der Waals surface area contributed by atoms with E-state index < -0.39 is 5.60 Å². The highest BCUT2D eigenvalue weighted by Crippen LogP contribution is 2.28. The van der Waals surface area contributed by atoms with Gasteiger partial charge in [-0.25, -0.2) is 0 Å². The van der Waals surface area contributed by atoms with E-state index in [1.165, 1.54) is 6.42 Å². The van der Waals surface area contributed by atoms with E-state index in [0.717, 1.165) is 69.9 Å². The van der Waals surface area contributed by atoms with E-state index in [-0.39, 0.29) is 30.1 Å². The van der Waals surface area contributed by atoms with Crippen molar-refractivity contribution in [3.8, 4) is 5.75 Å². The highest BCUT2D eigenvalue weighted by Gasteiger charge is 2.30. The summed E-state index contributed by atoms with van der Waals surface area (Å²) in [4.78, 5) is 7.09. The van der Waals surface area contributed by atoms with Gasteiger partial charge in [-0.3, -0.25) is 4.99 Å². The fourth-order valence-electron chi connectivity index (χ4n) is 3.89. The van der Waals surface area contributed by atoms with E-state index in [1.54, 1.807) is 0 Å². The van der Waals surface area contributed by atoms with Crippen LogP contribution in [0.1, 0.15) is 51.9 Å². The second kappa shape index (κ2) is 11.1. The standard InChI is InChI=1S/C21H33N3O2.HI/c1-2-22-20(23-17-21(25)13-7-4-8-14-21)24-15-11-19(12-16-24)26-18-9-5-3-6-10-18;/h3,5-6,9-10,19,25H,2,4,7-8,11-17H2,1H3,(H,22,23);1H. The minimum absolute atomic E-state index is 0. The summed E-state index contributed by atoms with van der Waals surface area (Å²) in [6.07, 6.45) is 7.47. The Labute approximate surface area is 180 Å². The summed E-state index contributed by atoms with van der Waals surface area (Å²) >= 11 is 0. The normalized spacial score (nSPS) is 20.7. The van der Waals surface area contributed by atoms with Crippen molar-refractivity contribution in [2.45, 2.75) is 63.6 Å². The largest absolute Gasteiger partial charge is 0.490 e. The van der Waals surface area contributed by atoms with Crippen LogP contribution in [0.2, 0.25) is 0 Å². The number of benzene rings is 1. The summed E-state index contributed by atoms with van der Waals surface area (Å²) in [7, 11) is 0. The van der Waals surface area contributed by atoms with Crippen LogP contribution < -0.4 is 10.1 Å². The summed E-state index contributed by atoms with van der Waals surface area (Å²) in [5, 5.41) is 14.1. The number of hydrogen-bond donors (Lipinski definition) is 2. The molecule has 0 bridgehead atoms. The monoisotopic (exact) mass is 487 g/mol. The predicted molar refractivity (Wildman–Crippen MR) is 121 cm³/mol. The number of para-hydroxylation sites is 1. The minimum Gasteiger partial charge on any atom is -0.490 e. The third kappa shape index (κ3) is 6.82. The van der Waals surface area contributed by atoms with Gasteiger partial charge >= 0.3 is 0 Å². The zero-order valence-corrected chi connectivity index (χ0v) is 18.7. The Balaban J connectivity index is 0.00000261. The molecular formula is C21H34IN3O2. The van der Waals surface area contributed by atoms with Crippen LogP contribution in [0.25, 0.3) is 0 Å². The van der Waals surface area contributed by atoms with E-state index >= 15 is 0 Å². The Kier molecular flexibility index (Phi) is 9.15. The molecule has 0 amide bonds. The van der Waals surface area contributed by atoms with Gasteiger partial charge in [0.1, 0.15) is 11.9 Å². The summed E-state index contributed by atoms with van der Waals surface area (Å²) in [5.74, 6) is 1.88. The Morgan fingerprint density at radius 1 is 1.19 bits per heavy atom. The van der Waals surface area contributed by atoms with Crippen LogP contribution in [0.15, 0.2) is 35.3 Å². The van der Waals surface area contributed by atoms with Gasteiger partial charge in [0.15, 0.2) is 5.96 Å². The summed E-state index contributed by atoms with van der Waals surface area (Å²) in [6, 6.07) is 10.1. The lowest BCUT2D eigenvalue weighted by molar-refractivity contribution is 0.0128. The molecule has 27 heavy (non-hydrogen) atoms. The molecule has 152 valence electrons. The lowest BCUT2D eigenvalue weighted by Gasteiger charge is -2.35. The molecule has 1 aliphatic carbocycles. The summed E-state index contributed by atoms with van der Waals surface area (Å²) in [6.45, 7) is 5.31. The van der Waals surface area contributed by atoms with Crippen LogP contribution in [0.4, 0.5) is 0 Å². The maximum atomic E-state index is 10.7. The van der Waals surface area contributed by atoms with E-state index in [4.69, 9.17) is 9.73 Å². The van der Waals surface area contributed by atoms with Crippen LogP contribution in [-0.4, -0.2) is 53.9 Å². The van der Waals surface area contributed by atoms with Gasteiger partial charge in [-0.1, -0.05) is 37.5 Å². The second-order valence-corrected chi connectivity index (χ2v) is 7.57. The first kappa shape index (κ1) is 22.3. The molecule has 0 unspecified atom stereocenters. The lowest BCUT2D eigenvalue weighted by atomic mass is 9.85. The molecule has 1 aliphatic heterocycles. The fourth-order valence-corrected chi connectivity index (χ4v) is 3.89. The minimum atomic E-state index is -0.604. The number of piperidine rings is 1. The molecule has 0 spiro atoms. The van der Waals surface area contributed by atoms with Gasteiger partial charge in [0.2, 0.25) is 0 Å². The maximum absolute atomic E-state index is 10.7. The average molecular weight is 487 g/mol. The molecule has 1 heterocycles. The van der Waals surface area contributed by atoms with Crippen molar-refractivity contribution < 1.29 is 9.84 Å². The topological polar surface area (TPSA) is 57.1 Å². The number of hydrogen-bond acceptors (Lipinski definition) is 3. The Hall–Kier alpha value is -1.02. The number of aliphatic imine (C=N–C) groups is 1. The molecule has 2 aliphatic rings. The van der Waals surface area contributed by atoms with Gasteiger partial charge in [0, 0.05) is 32.5 Å². The van der Waals surface area contributed by atoms with Gasteiger partial charge in [-0.15, -0.1) is 24.0 Å². The zero-order valence-electron chi connectivity index (χ0n) is 16.4. The average Bonchev–Trinajstić information content (AvgIpc) is 2.67. The number of nitrogens with zero attached hydrogens (tertiary/aromatic N) is 2. The number of rotatable bonds is 5. The molecule has 0 aromatic heterocycles. The number of aliphatic hydroxyl groups is 1. The summed E-state index contributed by atoms with van der Waals surface area (Å²) < 4.78 is 6.09. The predicted octanol–water partition coefficient (Wildman–Crippen LogP) is 3.81. The molecular weight excluding hydrogens is 453 g/mol. The molecule has 0 atom stereocenters. The first-order chi connectivity index (χ1) is 12.7. The lowest BCUT2D eigenvalue weighted by Crippen LogP contribution is -2.48. The molecule has 0 radical (unpaired) electrons. The first-order valence-corrected chi connectivity index (χ1v) is 10.2. The van der Waals surface area contributed by atoms with Crippen molar-refractivity contribution >= 4 is 29.9 Å². The molecule has 6 heteroatoms. The van der Waals surface area contributed by atoms with Crippen molar-refractivity contribution in [1.29, 1.82) is 0 Å². The Bertz CT molecular complexity index is 568. The number of guanidine groups is 1. The van der Waals surface area contributed by atoms with E-state index in [0.29, 0.717) is 6.54 Å². The van der Waals surface area contributed by atoms with E-state index in [9.17, 15) is 5.11 Å². The van der Waals surface area contributed by atoms with E-state index in [2.05, 4.69) is 17.1 Å². The number of ether oxygens (including phenoxy) is 1. The van der Waals surface area contributed by atoms with Gasteiger partial charge in [-0.2, -0.15) is 0 Å². The van der Waals surface area contributed by atoms with Crippen molar-refractivity contribution in [1.82, 2.24) is 10.2 Å². The summed E-state index contributed by atoms with van der Waals surface area (Å²) in [5.41, 5.74) is -0.604. The second-order valence-electron chi connectivity index (χ2n) is 7.57. The van der Waals surface area contributed by atoms with Crippen molar-refractivity contribution in [3.05, 3.63) is 30.3 Å². The van der Waals surface area contributed by atoms with E-state index in [1.807, 2.05) is 30.3 Å². The van der Waals surface area contributed by atoms with Gasteiger partial charge < -0.3 is 20.1 Å². The van der Waals surface area contributed by atoms with Crippen LogP contribution in [0.5, 0.6) is 5.75 Å². The Morgan fingerprint density at radius 3 is 2.48 bits per heavy atom. The van der Waals surface area contributed by atoms with Crippen molar-refractivity contribution in [2.75, 3.05) is 26.2 Å². The van der Waals surface area contributed by atoms with Crippen LogP contribution in [0, 0.1) is 0 Å². The number of nitrogens with one attached hydrogen (secondary N) is 1. The fraction of sp³-hybridized carbons (Fsp3) is 0.667. The SMILES string of the molecule is CCNC(=NCC1(O)CCCCC1)N1CCC(Oc2ccccc2)CC1.I. The molecule has 2 fully saturated rings. The molecule has 1 saturated heterocycles. The third-order valence-electron chi connectivity index (χ3n) is 5.43. The van der Waals surface area contributed by atoms with Crippen LogP contribution >= 0.6 is 24.0 Å². The van der Waals surface area contributed by atoms with Crippen LogP contribution in [-0.2, 0) is 0 Å². The van der Waals surface area contributed by atoms with Gasteiger partial charge in [0.25, 0.3) is 0 Å². The quantitative estimate of drug-likeness (QED) is 0.377. The molecule has 5 nitrogen and oxygen atoms in total. The molecule has 3 rings (SSSR count). The number of likely N-dealkylation sites (tertiary alicyclic amines) is 1. The molecule has 1 aromatic rings.